The molecule has 0 unspecified atom stereocenters. The van der Waals surface area contributed by atoms with E-state index in [4.69, 9.17) is 9.47 Å². The maximum atomic E-state index is 13.4. The quantitative estimate of drug-likeness (QED) is 0.465. The molecule has 0 saturated carbocycles. The van der Waals surface area contributed by atoms with Gasteiger partial charge in [0.15, 0.2) is 0 Å². The van der Waals surface area contributed by atoms with Crippen molar-refractivity contribution in [1.82, 2.24) is 19.8 Å². The van der Waals surface area contributed by atoms with E-state index < -0.39 is 5.60 Å². The summed E-state index contributed by atoms with van der Waals surface area (Å²) in [6.45, 7) is 4.73. The van der Waals surface area contributed by atoms with Gasteiger partial charge in [0.05, 0.1) is 30.8 Å². The van der Waals surface area contributed by atoms with Crippen LogP contribution in [0.5, 0.6) is 5.75 Å². The summed E-state index contributed by atoms with van der Waals surface area (Å²) >= 11 is 0. The zero-order valence-electron chi connectivity index (χ0n) is 21.3. The third-order valence-electron chi connectivity index (χ3n) is 6.34. The number of morpholine rings is 1. The molecule has 0 radical (unpaired) electrons. The van der Waals surface area contributed by atoms with Gasteiger partial charge in [0.25, 0.3) is 5.91 Å². The lowest BCUT2D eigenvalue weighted by Crippen LogP contribution is -2.58. The molecule has 2 amide bonds. The van der Waals surface area contributed by atoms with Crippen LogP contribution in [0.4, 0.5) is 4.39 Å². The number of nitrogens with zero attached hydrogens (tertiary/aromatic N) is 4. The first kappa shape index (κ1) is 26.2. The molecule has 4 rings (SSSR count). The van der Waals surface area contributed by atoms with Crippen LogP contribution in [0.25, 0.3) is 0 Å². The Labute approximate surface area is 216 Å². The van der Waals surface area contributed by atoms with E-state index in [1.54, 1.807) is 30.7 Å². The Bertz CT molecular complexity index is 1240. The summed E-state index contributed by atoms with van der Waals surface area (Å²) in [5, 5.41) is 0. The Hall–Kier alpha value is -3.85. The molecule has 0 N–H and O–H groups in total. The topological polar surface area (TPSA) is 84.9 Å². The molecule has 3 aromatic rings. The van der Waals surface area contributed by atoms with Crippen molar-refractivity contribution >= 4 is 11.8 Å². The number of carbonyl (C=O) groups excluding carboxylic acids is 2. The smallest absolute Gasteiger partial charge is 0.257 e. The van der Waals surface area contributed by atoms with Gasteiger partial charge >= 0.3 is 0 Å². The molecule has 9 heteroatoms. The summed E-state index contributed by atoms with van der Waals surface area (Å²) in [6, 6.07) is 15.3. The van der Waals surface area contributed by atoms with Crippen LogP contribution >= 0.6 is 0 Å². The van der Waals surface area contributed by atoms with E-state index in [0.717, 1.165) is 5.56 Å². The molecule has 8 nitrogen and oxygen atoms in total. The highest BCUT2D eigenvalue weighted by Crippen LogP contribution is 2.27. The fourth-order valence-electron chi connectivity index (χ4n) is 4.33. The number of halogens is 1. The first-order valence-electron chi connectivity index (χ1n) is 12.1. The van der Waals surface area contributed by atoms with E-state index in [1.807, 2.05) is 30.3 Å². The monoisotopic (exact) mass is 506 g/mol. The van der Waals surface area contributed by atoms with Gasteiger partial charge in [0.2, 0.25) is 5.91 Å². The number of benzene rings is 2. The van der Waals surface area contributed by atoms with Crippen LogP contribution < -0.4 is 4.74 Å². The average Bonchev–Trinajstić information content (AvgIpc) is 2.89. The number of aryl methyl sites for hydroxylation is 2. The summed E-state index contributed by atoms with van der Waals surface area (Å²) < 4.78 is 25.5. The van der Waals surface area contributed by atoms with Crippen LogP contribution in [-0.4, -0.2) is 70.5 Å². The fourth-order valence-corrected chi connectivity index (χ4v) is 4.33. The molecule has 1 aromatic heterocycles. The Morgan fingerprint density at radius 3 is 2.57 bits per heavy atom. The predicted molar refractivity (Wildman–Crippen MR) is 136 cm³/mol. The minimum Gasteiger partial charge on any atom is -0.490 e. The van der Waals surface area contributed by atoms with Crippen LogP contribution in [0.3, 0.4) is 0 Å². The summed E-state index contributed by atoms with van der Waals surface area (Å²) in [5.74, 6) is 0.291. The van der Waals surface area contributed by atoms with Gasteiger partial charge in [-0.1, -0.05) is 30.3 Å². The zero-order valence-corrected chi connectivity index (χ0v) is 21.3. The number of hydrogen-bond acceptors (Lipinski definition) is 6. The first-order chi connectivity index (χ1) is 17.7. The van der Waals surface area contributed by atoms with E-state index in [-0.39, 0.29) is 43.8 Å². The Morgan fingerprint density at radius 2 is 1.86 bits per heavy atom. The van der Waals surface area contributed by atoms with Gasteiger partial charge in [0, 0.05) is 26.3 Å². The average molecular weight is 507 g/mol. The van der Waals surface area contributed by atoms with Crippen LogP contribution in [0.2, 0.25) is 0 Å². The molecule has 0 spiro atoms. The van der Waals surface area contributed by atoms with E-state index in [1.165, 1.54) is 30.5 Å². The normalized spacial score (nSPS) is 17.4. The van der Waals surface area contributed by atoms with E-state index in [0.29, 0.717) is 35.9 Å². The van der Waals surface area contributed by atoms with Crippen molar-refractivity contribution in [3.8, 4) is 5.75 Å². The number of carbonyl (C=O) groups is 2. The third kappa shape index (κ3) is 6.68. The third-order valence-corrected chi connectivity index (χ3v) is 6.34. The molecule has 2 heterocycles. The number of amides is 2. The highest BCUT2D eigenvalue weighted by molar-refractivity contribution is 5.95. The molecule has 1 atom stereocenters. The standard InChI is InChI=1S/C28H31FN4O4/c1-20-25(16-30-21(2)31-20)27(35)33-13-14-37-28(18-33,19-36-24-11-9-23(29)10-12-24)15-26(34)32(3)17-22-7-5-4-6-8-22/h4-12,16H,13-15,17-19H2,1-3H3/t28-/m1/s1. The molecule has 1 saturated heterocycles. The predicted octanol–water partition coefficient (Wildman–Crippen LogP) is 3.57. The lowest BCUT2D eigenvalue weighted by molar-refractivity contribution is -0.152. The van der Waals surface area contributed by atoms with Crippen molar-refractivity contribution in [1.29, 1.82) is 0 Å². The van der Waals surface area contributed by atoms with Gasteiger partial charge in [-0.05, 0) is 43.7 Å². The maximum Gasteiger partial charge on any atom is 0.257 e. The van der Waals surface area contributed by atoms with E-state index >= 15 is 0 Å². The second-order valence-electron chi connectivity index (χ2n) is 9.33. The van der Waals surface area contributed by atoms with Gasteiger partial charge in [0.1, 0.15) is 29.6 Å². The van der Waals surface area contributed by atoms with Crippen molar-refractivity contribution in [3.05, 3.63) is 89.3 Å². The molecule has 37 heavy (non-hydrogen) atoms. The van der Waals surface area contributed by atoms with E-state index in [2.05, 4.69) is 9.97 Å². The van der Waals surface area contributed by atoms with Crippen molar-refractivity contribution in [2.24, 2.45) is 0 Å². The van der Waals surface area contributed by atoms with Gasteiger partial charge < -0.3 is 19.3 Å². The first-order valence-corrected chi connectivity index (χ1v) is 12.1. The second-order valence-corrected chi connectivity index (χ2v) is 9.33. The highest BCUT2D eigenvalue weighted by atomic mass is 19.1. The van der Waals surface area contributed by atoms with Crippen LogP contribution in [-0.2, 0) is 16.1 Å². The number of ether oxygens (including phenoxy) is 2. The number of hydrogen-bond donors (Lipinski definition) is 0. The largest absolute Gasteiger partial charge is 0.490 e. The van der Waals surface area contributed by atoms with Crippen molar-refractivity contribution in [3.63, 3.8) is 0 Å². The maximum absolute atomic E-state index is 13.4. The Kier molecular flexibility index (Phi) is 8.13. The zero-order chi connectivity index (χ0) is 26.4. The molecule has 194 valence electrons. The lowest BCUT2D eigenvalue weighted by Gasteiger charge is -2.42. The van der Waals surface area contributed by atoms with Crippen molar-refractivity contribution in [2.45, 2.75) is 32.4 Å². The van der Waals surface area contributed by atoms with Crippen LogP contribution in [0.15, 0.2) is 60.8 Å². The molecular weight excluding hydrogens is 475 g/mol. The summed E-state index contributed by atoms with van der Waals surface area (Å²) in [5.41, 5.74) is 0.916. The molecule has 1 aliphatic heterocycles. The Balaban J connectivity index is 1.54. The van der Waals surface area contributed by atoms with Crippen molar-refractivity contribution < 1.29 is 23.5 Å². The minimum atomic E-state index is -1.09. The van der Waals surface area contributed by atoms with Crippen LogP contribution in [0.1, 0.15) is 33.9 Å². The van der Waals surface area contributed by atoms with E-state index in [9.17, 15) is 14.0 Å². The van der Waals surface area contributed by atoms with Gasteiger partial charge in [-0.15, -0.1) is 0 Å². The van der Waals surface area contributed by atoms with Gasteiger partial charge in [-0.3, -0.25) is 9.59 Å². The molecule has 0 aliphatic carbocycles. The Morgan fingerprint density at radius 1 is 1.14 bits per heavy atom. The fraction of sp³-hybridized carbons (Fsp3) is 0.357. The second kappa shape index (κ2) is 11.5. The van der Waals surface area contributed by atoms with Gasteiger partial charge in [-0.2, -0.15) is 0 Å². The van der Waals surface area contributed by atoms with Crippen LogP contribution in [0, 0.1) is 19.7 Å². The van der Waals surface area contributed by atoms with Gasteiger partial charge in [-0.25, -0.2) is 14.4 Å². The molecular formula is C28H31FN4O4. The molecule has 1 aliphatic rings. The van der Waals surface area contributed by atoms with Crippen molar-refractivity contribution in [2.75, 3.05) is 33.4 Å². The summed E-state index contributed by atoms with van der Waals surface area (Å²) in [4.78, 5) is 38.5. The summed E-state index contributed by atoms with van der Waals surface area (Å²) in [7, 11) is 1.74. The minimum absolute atomic E-state index is 0.00465. The molecule has 2 aromatic carbocycles. The number of aromatic nitrogens is 2. The molecule has 1 fully saturated rings. The highest BCUT2D eigenvalue weighted by Gasteiger charge is 2.42. The molecule has 0 bridgehead atoms. The summed E-state index contributed by atoms with van der Waals surface area (Å²) in [6.07, 6.45) is 1.54. The number of rotatable bonds is 8. The SMILES string of the molecule is Cc1ncc(C(=O)N2CCO[C@](COc3ccc(F)cc3)(CC(=O)N(C)Cc3ccccc3)C2)c(C)n1. The lowest BCUT2D eigenvalue weighted by atomic mass is 9.96.